The first-order valence-electron chi connectivity index (χ1n) is 5.88. The van der Waals surface area contributed by atoms with Gasteiger partial charge < -0.3 is 21.3 Å². The third-order valence-electron chi connectivity index (χ3n) is 2.79. The van der Waals surface area contributed by atoms with Crippen molar-refractivity contribution in [2.75, 3.05) is 12.3 Å². The molecule has 0 bridgehead atoms. The fraction of sp³-hybridized carbons (Fsp3) is 0.462. The van der Waals surface area contributed by atoms with Crippen molar-refractivity contribution in [3.63, 3.8) is 0 Å². The monoisotopic (exact) mass is 252 g/mol. The van der Waals surface area contributed by atoms with Crippen LogP contribution in [0.25, 0.3) is 0 Å². The second-order valence-corrected chi connectivity index (χ2v) is 4.40. The van der Waals surface area contributed by atoms with Gasteiger partial charge in [-0.15, -0.1) is 0 Å². The average Bonchev–Trinajstić information content (AvgIpc) is 2.27. The number of hydrogen-bond acceptors (Lipinski definition) is 4. The van der Waals surface area contributed by atoms with Gasteiger partial charge in [-0.2, -0.15) is 0 Å². The molecule has 0 fully saturated rings. The number of nitrogens with two attached hydrogens (primary N) is 1. The minimum absolute atomic E-state index is 0.152. The van der Waals surface area contributed by atoms with Gasteiger partial charge in [-0.25, -0.2) is 0 Å². The molecule has 1 rings (SSSR count). The van der Waals surface area contributed by atoms with Crippen LogP contribution in [-0.4, -0.2) is 28.8 Å². The van der Waals surface area contributed by atoms with E-state index in [-0.39, 0.29) is 5.91 Å². The second kappa shape index (κ2) is 6.37. The molecule has 5 N–H and O–H groups in total. The lowest BCUT2D eigenvalue weighted by atomic mass is 9.97. The van der Waals surface area contributed by atoms with Gasteiger partial charge in [-0.3, -0.25) is 4.79 Å². The van der Waals surface area contributed by atoms with Gasteiger partial charge >= 0.3 is 0 Å². The summed E-state index contributed by atoms with van der Waals surface area (Å²) in [5.74, 6) is -0.152. The maximum atomic E-state index is 10.7. The molecule has 0 aliphatic carbocycles. The molecule has 1 amide bonds. The van der Waals surface area contributed by atoms with Gasteiger partial charge in [-0.1, -0.05) is 6.07 Å². The van der Waals surface area contributed by atoms with Crippen LogP contribution in [0.5, 0.6) is 0 Å². The summed E-state index contributed by atoms with van der Waals surface area (Å²) >= 11 is 0. The lowest BCUT2D eigenvalue weighted by Crippen LogP contribution is -2.27. The van der Waals surface area contributed by atoms with Crippen LogP contribution in [0, 0.1) is 6.92 Å². The topological polar surface area (TPSA) is 95.6 Å². The summed E-state index contributed by atoms with van der Waals surface area (Å²) in [6, 6.07) is 5.14. The van der Waals surface area contributed by atoms with Crippen molar-refractivity contribution in [1.29, 1.82) is 0 Å². The van der Waals surface area contributed by atoms with Crippen molar-refractivity contribution in [2.24, 2.45) is 0 Å². The van der Waals surface area contributed by atoms with E-state index in [1.54, 1.807) is 18.2 Å². The van der Waals surface area contributed by atoms with E-state index in [4.69, 9.17) is 5.73 Å². The number of carbonyl (C=O) groups is 1. The van der Waals surface area contributed by atoms with Crippen LogP contribution < -0.4 is 11.1 Å². The molecule has 0 spiro atoms. The Hall–Kier alpha value is -1.59. The van der Waals surface area contributed by atoms with Crippen LogP contribution in [0.3, 0.4) is 0 Å². The molecule has 5 heteroatoms. The van der Waals surface area contributed by atoms with Crippen LogP contribution in [0.1, 0.15) is 30.6 Å². The summed E-state index contributed by atoms with van der Waals surface area (Å²) in [7, 11) is 0. The fourth-order valence-electron chi connectivity index (χ4n) is 1.79. The van der Waals surface area contributed by atoms with Gasteiger partial charge in [0.1, 0.15) is 6.10 Å². The lowest BCUT2D eigenvalue weighted by Gasteiger charge is -2.20. The Morgan fingerprint density at radius 2 is 2.11 bits per heavy atom. The Kier molecular flexibility index (Phi) is 5.12. The first-order valence-corrected chi connectivity index (χ1v) is 5.88. The van der Waals surface area contributed by atoms with E-state index >= 15 is 0 Å². The minimum Gasteiger partial charge on any atom is -0.399 e. The van der Waals surface area contributed by atoms with Gasteiger partial charge in [0.25, 0.3) is 0 Å². The predicted molar refractivity (Wildman–Crippen MR) is 69.9 cm³/mol. The minimum atomic E-state index is -0.973. The number of carbonyl (C=O) groups excluding carboxylic acids is 1. The van der Waals surface area contributed by atoms with Gasteiger partial charge in [0.2, 0.25) is 5.91 Å². The SMILES string of the molecule is CC(=O)NCCC(O)C(O)c1ccc(N)cc1C. The fourth-order valence-corrected chi connectivity index (χ4v) is 1.79. The zero-order valence-electron chi connectivity index (χ0n) is 10.7. The van der Waals surface area contributed by atoms with Crippen molar-refractivity contribution in [2.45, 2.75) is 32.5 Å². The van der Waals surface area contributed by atoms with Crippen molar-refractivity contribution < 1.29 is 15.0 Å². The molecule has 5 nitrogen and oxygen atoms in total. The Labute approximate surface area is 107 Å². The van der Waals surface area contributed by atoms with E-state index in [0.29, 0.717) is 24.2 Å². The Balaban J connectivity index is 2.62. The van der Waals surface area contributed by atoms with E-state index in [9.17, 15) is 15.0 Å². The molecule has 2 atom stereocenters. The number of benzene rings is 1. The molecule has 0 aliphatic heterocycles. The van der Waals surface area contributed by atoms with E-state index in [1.165, 1.54) is 6.92 Å². The van der Waals surface area contributed by atoms with E-state index < -0.39 is 12.2 Å². The molecule has 1 aromatic carbocycles. The van der Waals surface area contributed by atoms with Crippen molar-refractivity contribution in [1.82, 2.24) is 5.32 Å². The summed E-state index contributed by atoms with van der Waals surface area (Å²) < 4.78 is 0. The largest absolute Gasteiger partial charge is 0.399 e. The standard InChI is InChI=1S/C13H20N2O3/c1-8-7-10(14)3-4-11(8)13(18)12(17)5-6-15-9(2)16/h3-4,7,12-13,17-18H,5-6,14H2,1-2H3,(H,15,16). The summed E-state index contributed by atoms with van der Waals surface area (Å²) in [5, 5.41) is 22.4. The number of aliphatic hydroxyl groups excluding tert-OH is 2. The van der Waals surface area contributed by atoms with Gasteiger partial charge in [0, 0.05) is 19.2 Å². The molecule has 0 aromatic heterocycles. The Bertz CT molecular complexity index is 421. The number of hydrogen-bond donors (Lipinski definition) is 4. The third kappa shape index (κ3) is 4.01. The summed E-state index contributed by atoms with van der Waals surface area (Å²) in [6.45, 7) is 3.57. The van der Waals surface area contributed by atoms with Crippen LogP contribution in [0.2, 0.25) is 0 Å². The molecule has 18 heavy (non-hydrogen) atoms. The van der Waals surface area contributed by atoms with Crippen LogP contribution in [0.15, 0.2) is 18.2 Å². The first-order chi connectivity index (χ1) is 8.41. The van der Waals surface area contributed by atoms with Gasteiger partial charge in [0.15, 0.2) is 0 Å². The normalized spacial score (nSPS) is 14.0. The quantitative estimate of drug-likeness (QED) is 0.574. The highest BCUT2D eigenvalue weighted by atomic mass is 16.3. The first kappa shape index (κ1) is 14.5. The molecule has 100 valence electrons. The second-order valence-electron chi connectivity index (χ2n) is 4.40. The zero-order valence-corrected chi connectivity index (χ0v) is 10.7. The summed E-state index contributed by atoms with van der Waals surface area (Å²) in [5.41, 5.74) is 7.73. The smallest absolute Gasteiger partial charge is 0.216 e. The van der Waals surface area contributed by atoms with E-state index in [0.717, 1.165) is 5.56 Å². The molecule has 0 saturated heterocycles. The summed E-state index contributed by atoms with van der Waals surface area (Å²) in [4.78, 5) is 10.7. The van der Waals surface area contributed by atoms with E-state index in [2.05, 4.69) is 5.32 Å². The predicted octanol–water partition coefficient (Wildman–Crippen LogP) is 0.498. The van der Waals surface area contributed by atoms with Gasteiger partial charge in [0.05, 0.1) is 6.10 Å². The number of amides is 1. The van der Waals surface area contributed by atoms with Crippen molar-refractivity contribution >= 4 is 11.6 Å². The van der Waals surface area contributed by atoms with E-state index in [1.807, 2.05) is 6.92 Å². The maximum Gasteiger partial charge on any atom is 0.216 e. The molecule has 0 aliphatic rings. The number of anilines is 1. The Morgan fingerprint density at radius 3 is 2.67 bits per heavy atom. The highest BCUT2D eigenvalue weighted by molar-refractivity contribution is 5.72. The number of aryl methyl sites for hydroxylation is 1. The number of rotatable bonds is 5. The number of nitrogens with one attached hydrogen (secondary N) is 1. The molecule has 0 radical (unpaired) electrons. The van der Waals surface area contributed by atoms with Crippen molar-refractivity contribution in [3.8, 4) is 0 Å². The highest BCUT2D eigenvalue weighted by Gasteiger charge is 2.19. The highest BCUT2D eigenvalue weighted by Crippen LogP contribution is 2.23. The third-order valence-corrected chi connectivity index (χ3v) is 2.79. The molecule has 0 saturated carbocycles. The molecule has 1 aromatic rings. The van der Waals surface area contributed by atoms with Gasteiger partial charge in [-0.05, 0) is 36.6 Å². The molecular weight excluding hydrogens is 232 g/mol. The average molecular weight is 252 g/mol. The van der Waals surface area contributed by atoms with Crippen molar-refractivity contribution in [3.05, 3.63) is 29.3 Å². The number of nitrogen functional groups attached to an aromatic ring is 1. The molecule has 0 heterocycles. The van der Waals surface area contributed by atoms with Crippen LogP contribution in [-0.2, 0) is 4.79 Å². The molecule has 2 unspecified atom stereocenters. The van der Waals surface area contributed by atoms with Crippen LogP contribution >= 0.6 is 0 Å². The summed E-state index contributed by atoms with van der Waals surface area (Å²) in [6.07, 6.45) is -1.59. The molecular formula is C13H20N2O3. The maximum absolute atomic E-state index is 10.7. The van der Waals surface area contributed by atoms with Crippen LogP contribution in [0.4, 0.5) is 5.69 Å². The Morgan fingerprint density at radius 1 is 1.44 bits per heavy atom. The lowest BCUT2D eigenvalue weighted by molar-refractivity contribution is -0.119. The number of aliphatic hydroxyl groups is 2. The zero-order chi connectivity index (χ0) is 13.7.